The Balaban J connectivity index is 7.80. The van der Waals surface area contributed by atoms with Crippen molar-refractivity contribution < 1.29 is 65.6 Å². The van der Waals surface area contributed by atoms with Crippen molar-refractivity contribution in [3.05, 3.63) is 36.5 Å². The maximum atomic E-state index is 12.6. The highest BCUT2D eigenvalue weighted by Gasteiger charge is 2.60. The first kappa shape index (κ1) is 64.4. The molecule has 0 radical (unpaired) electrons. The maximum absolute atomic E-state index is 12.6. The first-order valence-electron chi connectivity index (χ1n) is 22.6. The van der Waals surface area contributed by atoms with Crippen molar-refractivity contribution >= 4 is 103 Å². The molecule has 0 atom stereocenters. The summed E-state index contributed by atoms with van der Waals surface area (Å²) in [6.45, 7) is 55.6. The van der Waals surface area contributed by atoms with Crippen molar-refractivity contribution in [3.8, 4) is 0 Å². The average molecular weight is 1090 g/mol. The van der Waals surface area contributed by atoms with Crippen molar-refractivity contribution in [2.75, 3.05) is 19.8 Å². The van der Waals surface area contributed by atoms with Crippen LogP contribution >= 0.6 is 0 Å². The molecule has 380 valence electrons. The largest absolute Gasteiger partial charge is 0.472 e. The van der Waals surface area contributed by atoms with Crippen LogP contribution in [0, 0.1) is 0 Å². The summed E-state index contributed by atoms with van der Waals surface area (Å²) >= 11 is 0. The quantitative estimate of drug-likeness (QED) is 0.0200. The molecule has 0 spiro atoms. The lowest BCUT2D eigenvalue weighted by Gasteiger charge is -2.48. The Hall–Kier alpha value is -0.561. The molecule has 0 rings (SSSR count). The highest BCUT2D eigenvalue weighted by molar-refractivity contribution is 6.94. The van der Waals surface area contributed by atoms with Gasteiger partial charge in [-0.15, -0.1) is 0 Å². The molecule has 0 aromatic heterocycles. The summed E-state index contributed by atoms with van der Waals surface area (Å²) in [5.41, 5.74) is 0.935. The molecule has 0 aliphatic rings. The third-order valence-electron chi connectivity index (χ3n) is 7.54. The number of carbonyl (C=O) groups excluding carboxylic acids is 3. The normalized spacial score (nSPS) is 13.9. The number of ether oxygens (including phenoxy) is 3. The molecule has 0 heterocycles. The van der Waals surface area contributed by atoms with Crippen LogP contribution in [0.2, 0.25) is 143 Å². The number of esters is 3. The van der Waals surface area contributed by atoms with E-state index in [1.807, 2.05) is 26.2 Å². The van der Waals surface area contributed by atoms with E-state index in [0.29, 0.717) is 48.1 Å². The van der Waals surface area contributed by atoms with Crippen molar-refractivity contribution in [2.24, 2.45) is 0 Å². The number of hydrogen-bond acceptors (Lipinski definition) is 15. The molecule has 25 heteroatoms. The van der Waals surface area contributed by atoms with Crippen LogP contribution in [0.1, 0.15) is 40.0 Å². The Morgan fingerprint density at radius 2 is 0.492 bits per heavy atom. The highest BCUT2D eigenvalue weighted by Crippen LogP contribution is 2.37. The molecule has 15 nitrogen and oxygen atoms in total. The van der Waals surface area contributed by atoms with E-state index in [-0.39, 0.29) is 25.9 Å². The summed E-state index contributed by atoms with van der Waals surface area (Å²) in [4.78, 5) is 37.3. The Kier molecular flexibility index (Phi) is 25.3. The minimum Gasteiger partial charge on any atom is -0.462 e. The summed E-state index contributed by atoms with van der Waals surface area (Å²) in [6.07, 6.45) is 1.22. The fourth-order valence-corrected chi connectivity index (χ4v) is 48.3. The van der Waals surface area contributed by atoms with E-state index in [1.54, 1.807) is 20.8 Å². The fourth-order valence-electron chi connectivity index (χ4n) is 6.25. The minimum atomic E-state index is -3.94. The van der Waals surface area contributed by atoms with Gasteiger partial charge >= 0.3 is 61.4 Å². The molecule has 0 aromatic carbocycles. The predicted octanol–water partition coefficient (Wildman–Crippen LogP) is 11.1. The summed E-state index contributed by atoms with van der Waals surface area (Å²) in [7, 11) is -29.9. The number of rotatable bonds is 33. The second-order valence-corrected chi connectivity index (χ2v) is 62.1. The third-order valence-corrected chi connectivity index (χ3v) is 41.7. The van der Waals surface area contributed by atoms with Crippen molar-refractivity contribution in [1.82, 2.24) is 0 Å². The summed E-state index contributed by atoms with van der Waals surface area (Å²) in [6, 6.07) is 1.03. The van der Waals surface area contributed by atoms with E-state index in [4.69, 9.17) is 51.2 Å². The van der Waals surface area contributed by atoms with Gasteiger partial charge in [-0.3, -0.25) is 0 Å². The van der Waals surface area contributed by atoms with E-state index < -0.39 is 103 Å². The van der Waals surface area contributed by atoms with Crippen LogP contribution in [0.4, 0.5) is 0 Å². The van der Waals surface area contributed by atoms with Crippen LogP contribution in [-0.4, -0.2) is 123 Å². The van der Waals surface area contributed by atoms with Crippen LogP contribution in [0.25, 0.3) is 0 Å². The zero-order chi connectivity index (χ0) is 51.3. The Morgan fingerprint density at radius 1 is 0.323 bits per heavy atom. The molecule has 0 saturated carbocycles. The monoisotopic (exact) mass is 1090 g/mol. The van der Waals surface area contributed by atoms with E-state index in [1.165, 1.54) is 0 Å². The SMILES string of the molecule is C=C(C)C(=O)OCCC[Si](O[Si](C)(C)C)(O[Si](C)(C)C)O[Si](C)(C)O[Si](CCCOC(=O)C(=C)C)(O[Si](C)(C)C)O[Si](C)(C)O[Si](CCCOC(=O)C(=C)C)(O[Si](C)(C)C)O[Si](C)(C)C. The molecular weight excluding hydrogens is 1000 g/mol. The van der Waals surface area contributed by atoms with E-state index >= 15 is 0 Å². The second-order valence-electron chi connectivity index (χ2n) is 22.4. The first-order valence-corrected chi connectivity index (χ1v) is 51.1. The Morgan fingerprint density at radius 3 is 0.646 bits per heavy atom. The van der Waals surface area contributed by atoms with Crippen LogP contribution in [0.15, 0.2) is 36.5 Å². The van der Waals surface area contributed by atoms with Gasteiger partial charge in [0.15, 0.2) is 41.6 Å². The molecule has 0 bridgehead atoms. The van der Waals surface area contributed by atoms with Gasteiger partial charge in [-0.1, -0.05) is 19.7 Å². The topological polar surface area (TPSA) is 162 Å². The molecule has 0 fully saturated rings. The third kappa shape index (κ3) is 29.9. The summed E-state index contributed by atoms with van der Waals surface area (Å²) < 4.78 is 81.7. The number of carbonyl (C=O) groups is 3. The Bertz CT molecular complexity index is 1490. The molecule has 0 unspecified atom stereocenters. The lowest BCUT2D eigenvalue weighted by molar-refractivity contribution is -0.139. The predicted molar refractivity (Wildman–Crippen MR) is 284 cm³/mol. The maximum Gasteiger partial charge on any atom is 0.472 e. The Labute approximate surface area is 405 Å². The van der Waals surface area contributed by atoms with Gasteiger partial charge in [0.1, 0.15) is 0 Å². The van der Waals surface area contributed by atoms with E-state index in [2.05, 4.69) is 118 Å². The highest BCUT2D eigenvalue weighted by atomic mass is 28.6. The van der Waals surface area contributed by atoms with Crippen LogP contribution in [0.5, 0.6) is 0 Å². The molecule has 0 N–H and O–H groups in total. The van der Waals surface area contributed by atoms with Gasteiger partial charge in [-0.2, -0.15) is 0 Å². The first-order chi connectivity index (χ1) is 28.8. The van der Waals surface area contributed by atoms with E-state index in [9.17, 15) is 14.4 Å². The zero-order valence-electron chi connectivity index (χ0n) is 44.6. The van der Waals surface area contributed by atoms with Crippen molar-refractivity contribution in [3.63, 3.8) is 0 Å². The molecular formula is C40H90O15Si10. The van der Waals surface area contributed by atoms with Gasteiger partial charge < -0.3 is 51.2 Å². The molecule has 0 aliphatic carbocycles. The molecule has 0 aromatic rings. The van der Waals surface area contributed by atoms with Gasteiger partial charge in [-0.25, -0.2) is 14.4 Å². The van der Waals surface area contributed by atoms with Crippen molar-refractivity contribution in [2.45, 2.75) is 183 Å². The van der Waals surface area contributed by atoms with Crippen molar-refractivity contribution in [1.29, 1.82) is 0 Å². The molecule has 65 heavy (non-hydrogen) atoms. The lowest BCUT2D eigenvalue weighted by Crippen LogP contribution is -2.68. The average Bonchev–Trinajstić information content (AvgIpc) is 3.01. The van der Waals surface area contributed by atoms with Gasteiger partial charge in [0.2, 0.25) is 0 Å². The van der Waals surface area contributed by atoms with E-state index in [0.717, 1.165) is 0 Å². The molecule has 0 aliphatic heterocycles. The lowest BCUT2D eigenvalue weighted by atomic mass is 10.4. The zero-order valence-corrected chi connectivity index (χ0v) is 54.6. The van der Waals surface area contributed by atoms with Crippen LogP contribution < -0.4 is 0 Å². The number of hydrogen-bond donors (Lipinski definition) is 0. The minimum absolute atomic E-state index is 0.0754. The van der Waals surface area contributed by atoms with Gasteiger partial charge in [0, 0.05) is 34.9 Å². The summed E-state index contributed by atoms with van der Waals surface area (Å²) in [5, 5.41) is 0. The second kappa shape index (κ2) is 25.5. The van der Waals surface area contributed by atoms with Crippen LogP contribution in [0.3, 0.4) is 0 Å². The van der Waals surface area contributed by atoms with Crippen LogP contribution in [-0.2, 0) is 65.6 Å². The molecule has 0 saturated heterocycles. The fraction of sp³-hybridized carbons (Fsp3) is 0.775. The standard InChI is InChI=1S/C40H90O15Si10/c1-35(2)38(41)44-29-26-32-63(47-56(7,8)9,48-57(10,11)12)52-61(22,23)54-65(51-60(19,20)21,34-28-31-46-40(43)37(5)6)55-62(24,25)53-64(49-58(13,14)15,50-59(16,17)18)33-27-30-45-39(42)36(3)4/h1,3,5,26-34H2,2,4,6-25H3. The smallest absolute Gasteiger partial charge is 0.462 e. The van der Waals surface area contributed by atoms with Gasteiger partial charge in [-0.05, 0) is 164 Å². The molecule has 0 amide bonds. The summed E-state index contributed by atoms with van der Waals surface area (Å²) in [5.74, 6) is -1.41. The van der Waals surface area contributed by atoms with Gasteiger partial charge in [0.25, 0.3) is 0 Å². The van der Waals surface area contributed by atoms with Gasteiger partial charge in [0.05, 0.1) is 19.8 Å².